The normalized spacial score (nSPS) is 24.5. The lowest BCUT2D eigenvalue weighted by Gasteiger charge is -2.14. The van der Waals surface area contributed by atoms with Crippen molar-refractivity contribution in [1.82, 2.24) is 10.3 Å². The second kappa shape index (κ2) is 5.24. The highest BCUT2D eigenvalue weighted by Crippen LogP contribution is 2.35. The van der Waals surface area contributed by atoms with E-state index in [1.165, 1.54) is 11.8 Å². The third kappa shape index (κ3) is 3.09. The van der Waals surface area contributed by atoms with E-state index in [0.29, 0.717) is 18.1 Å². The molecule has 0 spiro atoms. The van der Waals surface area contributed by atoms with Crippen molar-refractivity contribution in [3.63, 3.8) is 0 Å². The Kier molecular flexibility index (Phi) is 4.05. The lowest BCUT2D eigenvalue weighted by Crippen LogP contribution is -2.20. The molecule has 0 bridgehead atoms. The molecule has 3 nitrogen and oxygen atoms in total. The predicted octanol–water partition coefficient (Wildman–Crippen LogP) is 2.18. The van der Waals surface area contributed by atoms with Crippen molar-refractivity contribution in [2.75, 3.05) is 13.1 Å². The van der Waals surface area contributed by atoms with Gasteiger partial charge in [-0.15, -0.1) is 0 Å². The first-order chi connectivity index (χ1) is 8.38. The smallest absolute Gasteiger partial charge is 0.391 e. The van der Waals surface area contributed by atoms with Crippen molar-refractivity contribution in [1.29, 1.82) is 0 Å². The van der Waals surface area contributed by atoms with Crippen molar-refractivity contribution in [3.05, 3.63) is 22.8 Å². The number of hydrogen-bond donors (Lipinski definition) is 2. The molecule has 2 N–H and O–H groups in total. The molecule has 1 aromatic rings. The van der Waals surface area contributed by atoms with Crippen molar-refractivity contribution < 1.29 is 18.3 Å². The number of halogens is 4. The molecule has 1 aromatic heterocycles. The van der Waals surface area contributed by atoms with Gasteiger partial charge in [0, 0.05) is 19.3 Å². The van der Waals surface area contributed by atoms with E-state index in [2.05, 4.69) is 10.3 Å². The first-order valence-electron chi connectivity index (χ1n) is 5.16. The summed E-state index contributed by atoms with van der Waals surface area (Å²) in [4.78, 5) is 3.71. The maximum atomic E-state index is 12.4. The van der Waals surface area contributed by atoms with Crippen LogP contribution in [-0.2, 0) is 6.18 Å². The first-order valence-corrected chi connectivity index (χ1v) is 6.42. The molecule has 0 aromatic carbocycles. The number of nitrogens with zero attached hydrogens (tertiary/aromatic N) is 1. The molecule has 1 aliphatic heterocycles. The largest absolute Gasteiger partial charge is 0.417 e. The summed E-state index contributed by atoms with van der Waals surface area (Å²) in [6.45, 7) is 1.04. The summed E-state index contributed by atoms with van der Waals surface area (Å²) in [5, 5.41) is 12.7. The van der Waals surface area contributed by atoms with Crippen LogP contribution in [0.15, 0.2) is 17.3 Å². The van der Waals surface area contributed by atoms with E-state index in [-0.39, 0.29) is 10.3 Å². The molecule has 1 saturated heterocycles. The molecule has 100 valence electrons. The number of aliphatic hydroxyl groups is 1. The summed E-state index contributed by atoms with van der Waals surface area (Å²) in [6, 6.07) is 0.853. The van der Waals surface area contributed by atoms with E-state index in [1.807, 2.05) is 0 Å². The second-order valence-corrected chi connectivity index (χ2v) is 5.53. The Morgan fingerprint density at radius 2 is 2.17 bits per heavy atom. The number of pyridine rings is 1. The van der Waals surface area contributed by atoms with E-state index in [4.69, 9.17) is 11.6 Å². The number of aliphatic hydroxyl groups excluding tert-OH is 1. The van der Waals surface area contributed by atoms with E-state index >= 15 is 0 Å². The van der Waals surface area contributed by atoms with Gasteiger partial charge in [-0.25, -0.2) is 4.98 Å². The average molecular weight is 299 g/mol. The molecule has 2 unspecified atom stereocenters. The third-order valence-electron chi connectivity index (χ3n) is 2.53. The first kappa shape index (κ1) is 13.9. The molecule has 2 heterocycles. The van der Waals surface area contributed by atoms with Gasteiger partial charge in [0.2, 0.25) is 0 Å². The maximum absolute atomic E-state index is 12.4. The van der Waals surface area contributed by atoms with Crippen molar-refractivity contribution in [2.45, 2.75) is 22.6 Å². The van der Waals surface area contributed by atoms with Gasteiger partial charge in [-0.1, -0.05) is 23.4 Å². The van der Waals surface area contributed by atoms with Gasteiger partial charge in [0.25, 0.3) is 0 Å². The van der Waals surface area contributed by atoms with Crippen molar-refractivity contribution >= 4 is 23.4 Å². The van der Waals surface area contributed by atoms with E-state index in [0.717, 1.165) is 12.3 Å². The SMILES string of the molecule is OC1CNCC1Sc1ncc(C(F)(F)F)cc1Cl. The second-order valence-electron chi connectivity index (χ2n) is 3.89. The minimum atomic E-state index is -4.45. The quantitative estimate of drug-likeness (QED) is 0.878. The predicted molar refractivity (Wildman–Crippen MR) is 62.8 cm³/mol. The van der Waals surface area contributed by atoms with Crippen LogP contribution in [0.5, 0.6) is 0 Å². The molecule has 1 fully saturated rings. The van der Waals surface area contributed by atoms with Gasteiger partial charge in [-0.2, -0.15) is 13.2 Å². The minimum absolute atomic E-state index is 0.0473. The van der Waals surface area contributed by atoms with Gasteiger partial charge in [-0.05, 0) is 6.07 Å². The fourth-order valence-corrected chi connectivity index (χ4v) is 2.90. The van der Waals surface area contributed by atoms with Gasteiger partial charge in [0.15, 0.2) is 0 Å². The van der Waals surface area contributed by atoms with Gasteiger partial charge >= 0.3 is 6.18 Å². The molecule has 0 aliphatic carbocycles. The van der Waals surface area contributed by atoms with Crippen LogP contribution in [0.25, 0.3) is 0 Å². The van der Waals surface area contributed by atoms with Crippen LogP contribution in [0, 0.1) is 0 Å². The maximum Gasteiger partial charge on any atom is 0.417 e. The number of aromatic nitrogens is 1. The number of hydrogen-bond acceptors (Lipinski definition) is 4. The molecule has 8 heteroatoms. The topological polar surface area (TPSA) is 45.1 Å². The summed E-state index contributed by atoms with van der Waals surface area (Å²) in [7, 11) is 0. The molecule has 0 amide bonds. The highest BCUT2D eigenvalue weighted by atomic mass is 35.5. The monoisotopic (exact) mass is 298 g/mol. The van der Waals surface area contributed by atoms with Crippen LogP contribution < -0.4 is 5.32 Å². The van der Waals surface area contributed by atoms with Crippen LogP contribution >= 0.6 is 23.4 Å². The van der Waals surface area contributed by atoms with Crippen LogP contribution in [0.4, 0.5) is 13.2 Å². The Morgan fingerprint density at radius 3 is 2.67 bits per heavy atom. The third-order valence-corrected chi connectivity index (χ3v) is 4.26. The fraction of sp³-hybridized carbons (Fsp3) is 0.500. The zero-order valence-corrected chi connectivity index (χ0v) is 10.6. The lowest BCUT2D eigenvalue weighted by atomic mass is 10.3. The molecule has 0 radical (unpaired) electrons. The molecule has 18 heavy (non-hydrogen) atoms. The standard InChI is InChI=1S/C10H10ClF3N2OS/c11-6-1-5(10(12,13)14)2-16-9(6)18-8-4-15-3-7(8)17/h1-2,7-8,15,17H,3-4H2. The number of β-amino-alcohol motifs (C(OH)–C–C–N with tert-alkyl or cyclic N) is 1. The average Bonchev–Trinajstić information content (AvgIpc) is 2.66. The minimum Gasteiger partial charge on any atom is -0.391 e. The van der Waals surface area contributed by atoms with Crippen molar-refractivity contribution in [3.8, 4) is 0 Å². The van der Waals surface area contributed by atoms with Crippen LogP contribution in [0.3, 0.4) is 0 Å². The molecular formula is C10H10ClF3N2OS. The van der Waals surface area contributed by atoms with Crippen molar-refractivity contribution in [2.24, 2.45) is 0 Å². The van der Waals surface area contributed by atoms with E-state index in [1.54, 1.807) is 0 Å². The number of rotatable bonds is 2. The Bertz CT molecular complexity index is 444. The summed E-state index contributed by atoms with van der Waals surface area (Å²) in [5.74, 6) is 0. The molecule has 2 rings (SSSR count). The summed E-state index contributed by atoms with van der Waals surface area (Å²) in [6.07, 6.45) is -4.24. The zero-order valence-electron chi connectivity index (χ0n) is 9.04. The Balaban J connectivity index is 2.15. The number of nitrogens with one attached hydrogen (secondary N) is 1. The Labute approximate surface area is 111 Å². The molecule has 2 atom stereocenters. The highest BCUT2D eigenvalue weighted by Gasteiger charge is 2.32. The van der Waals surface area contributed by atoms with Gasteiger partial charge < -0.3 is 10.4 Å². The Morgan fingerprint density at radius 1 is 1.44 bits per heavy atom. The summed E-state index contributed by atoms with van der Waals surface area (Å²) in [5.41, 5.74) is -0.873. The fourth-order valence-electron chi connectivity index (χ4n) is 1.57. The summed E-state index contributed by atoms with van der Waals surface area (Å²) < 4.78 is 37.2. The Hall–Kier alpha value is -0.500. The highest BCUT2D eigenvalue weighted by molar-refractivity contribution is 8.00. The van der Waals surface area contributed by atoms with E-state index in [9.17, 15) is 18.3 Å². The van der Waals surface area contributed by atoms with Crippen LogP contribution in [0.1, 0.15) is 5.56 Å². The van der Waals surface area contributed by atoms with Gasteiger partial charge in [0.05, 0.1) is 21.9 Å². The molecular weight excluding hydrogens is 289 g/mol. The summed E-state index contributed by atoms with van der Waals surface area (Å²) >= 11 is 6.96. The van der Waals surface area contributed by atoms with E-state index < -0.39 is 17.8 Å². The molecule has 1 aliphatic rings. The zero-order chi connectivity index (χ0) is 13.3. The number of thioether (sulfide) groups is 1. The number of alkyl halides is 3. The molecule has 0 saturated carbocycles. The van der Waals surface area contributed by atoms with Gasteiger partial charge in [0.1, 0.15) is 5.03 Å². The van der Waals surface area contributed by atoms with Gasteiger partial charge in [-0.3, -0.25) is 0 Å². The van der Waals surface area contributed by atoms with Crippen LogP contribution in [-0.4, -0.2) is 34.5 Å². The van der Waals surface area contributed by atoms with Crippen LogP contribution in [0.2, 0.25) is 5.02 Å². The lowest BCUT2D eigenvalue weighted by molar-refractivity contribution is -0.137.